The Morgan fingerprint density at radius 1 is 0.968 bits per heavy atom. The van der Waals surface area contributed by atoms with Gasteiger partial charge in [-0.3, -0.25) is 9.69 Å². The first-order valence-corrected chi connectivity index (χ1v) is 11.4. The van der Waals surface area contributed by atoms with Gasteiger partial charge in [0.2, 0.25) is 0 Å². The molecule has 0 aromatic heterocycles. The molecule has 5 rings (SSSR count). The highest BCUT2D eigenvalue weighted by Crippen LogP contribution is 2.50. The van der Waals surface area contributed by atoms with E-state index in [4.69, 9.17) is 16.6 Å². The number of fused-ring (bicyclic) bond motifs is 1. The average Bonchev–Trinajstić information content (AvgIpc) is 3.26. The van der Waals surface area contributed by atoms with Crippen LogP contribution in [0.5, 0.6) is 5.75 Å². The fourth-order valence-electron chi connectivity index (χ4n) is 3.36. The van der Waals surface area contributed by atoms with Gasteiger partial charge < -0.3 is 10.0 Å². The molecule has 3 aromatic rings. The molecular weight excluding hydrogens is 450 g/mol. The molecule has 1 N–H and O–H groups in total. The quantitative estimate of drug-likeness (QED) is 0.455. The molecule has 0 radical (unpaired) electrons. The molecule has 3 aromatic carbocycles. The number of para-hydroxylation sites is 1. The Balaban J connectivity index is 1.62. The van der Waals surface area contributed by atoms with E-state index in [1.165, 1.54) is 11.8 Å². The number of carbonyl (C=O) groups is 1. The number of phenols is 1. The lowest BCUT2D eigenvalue weighted by Gasteiger charge is -2.16. The molecule has 1 fully saturated rings. The summed E-state index contributed by atoms with van der Waals surface area (Å²) < 4.78 is 0. The summed E-state index contributed by atoms with van der Waals surface area (Å²) in [7, 11) is 1.96. The van der Waals surface area contributed by atoms with Crippen molar-refractivity contribution in [3.05, 3.63) is 87.8 Å². The van der Waals surface area contributed by atoms with Crippen LogP contribution in [0, 0.1) is 0 Å². The second-order valence-electron chi connectivity index (χ2n) is 6.90. The average molecular weight is 466 g/mol. The first-order valence-electron chi connectivity index (χ1n) is 9.42. The van der Waals surface area contributed by atoms with E-state index in [0.29, 0.717) is 26.5 Å². The molecule has 2 aliphatic rings. The number of aromatic hydroxyl groups is 1. The number of rotatable bonds is 2. The molecule has 154 valence electrons. The summed E-state index contributed by atoms with van der Waals surface area (Å²) in [6.07, 6.45) is 0. The highest BCUT2D eigenvalue weighted by atomic mass is 35.5. The normalized spacial score (nSPS) is 19.4. The number of benzene rings is 3. The maximum atomic E-state index is 13.6. The molecule has 0 bridgehead atoms. The minimum Gasteiger partial charge on any atom is -0.508 e. The van der Waals surface area contributed by atoms with Crippen molar-refractivity contribution in [2.75, 3.05) is 16.8 Å². The van der Waals surface area contributed by atoms with Gasteiger partial charge in [-0.15, -0.1) is 0 Å². The van der Waals surface area contributed by atoms with Crippen LogP contribution in [0.3, 0.4) is 0 Å². The van der Waals surface area contributed by atoms with Crippen LogP contribution in [0.15, 0.2) is 92.6 Å². The molecule has 5 nitrogen and oxygen atoms in total. The zero-order chi connectivity index (χ0) is 21.5. The van der Waals surface area contributed by atoms with Crippen molar-refractivity contribution in [2.24, 2.45) is 4.99 Å². The van der Waals surface area contributed by atoms with Gasteiger partial charge in [0.05, 0.1) is 22.1 Å². The van der Waals surface area contributed by atoms with E-state index < -0.39 is 0 Å². The monoisotopic (exact) mass is 465 g/mol. The van der Waals surface area contributed by atoms with Crippen molar-refractivity contribution >= 4 is 63.3 Å². The number of aliphatic imine (C=N–C) groups is 1. The van der Waals surface area contributed by atoms with Crippen molar-refractivity contribution < 1.29 is 9.90 Å². The van der Waals surface area contributed by atoms with Crippen molar-refractivity contribution in [3.63, 3.8) is 0 Å². The number of amidine groups is 1. The molecule has 8 heteroatoms. The number of nitrogens with zero attached hydrogens (tertiary/aromatic N) is 3. The third-order valence-electron chi connectivity index (χ3n) is 4.85. The minimum absolute atomic E-state index is 0.136. The highest BCUT2D eigenvalue weighted by molar-refractivity contribution is 8.20. The Kier molecular flexibility index (Phi) is 5.17. The molecule has 2 heterocycles. The number of amides is 1. The molecule has 0 aliphatic carbocycles. The van der Waals surface area contributed by atoms with E-state index in [9.17, 15) is 9.90 Å². The Hall–Kier alpha value is -2.87. The van der Waals surface area contributed by atoms with Crippen LogP contribution >= 0.6 is 35.1 Å². The van der Waals surface area contributed by atoms with E-state index in [1.807, 2.05) is 48.3 Å². The van der Waals surface area contributed by atoms with Gasteiger partial charge in [0, 0.05) is 17.0 Å². The summed E-state index contributed by atoms with van der Waals surface area (Å²) in [4.78, 5) is 23.6. The Morgan fingerprint density at radius 3 is 2.48 bits per heavy atom. The second-order valence-corrected chi connectivity index (χ2v) is 9.34. The lowest BCUT2D eigenvalue weighted by Crippen LogP contribution is -2.29. The maximum absolute atomic E-state index is 13.6. The third-order valence-corrected chi connectivity index (χ3v) is 7.48. The fraction of sp³-hybridized carbons (Fsp3) is 0.0435. The summed E-state index contributed by atoms with van der Waals surface area (Å²) in [5, 5.41) is 11.7. The predicted octanol–water partition coefficient (Wildman–Crippen LogP) is 6.22. The standard InChI is InChI=1S/C23H16ClN3O2S2/c1-26-18-7-2-3-8-19(18)30-22(26)20-21(29)27(16-9-11-17(28)12-10-16)23(31-20)25-15-6-4-5-14(24)13-15/h2-13,28H,1H3/b22-20-,25-23?. The number of phenolic OH excluding ortho intramolecular Hbond substituents is 1. The van der Waals surface area contributed by atoms with Crippen molar-refractivity contribution in [1.29, 1.82) is 0 Å². The largest absolute Gasteiger partial charge is 0.508 e. The highest BCUT2D eigenvalue weighted by Gasteiger charge is 2.40. The van der Waals surface area contributed by atoms with Gasteiger partial charge in [-0.2, -0.15) is 0 Å². The number of carbonyl (C=O) groups excluding carboxylic acids is 1. The predicted molar refractivity (Wildman–Crippen MR) is 129 cm³/mol. The van der Waals surface area contributed by atoms with Gasteiger partial charge in [0.25, 0.3) is 5.91 Å². The van der Waals surface area contributed by atoms with Crippen LogP contribution in [0.1, 0.15) is 0 Å². The number of halogens is 1. The summed E-state index contributed by atoms with van der Waals surface area (Å²) in [6.45, 7) is 0. The van der Waals surface area contributed by atoms with Crippen LogP contribution in [0.2, 0.25) is 5.02 Å². The fourth-order valence-corrected chi connectivity index (χ4v) is 5.89. The molecule has 1 amide bonds. The zero-order valence-electron chi connectivity index (χ0n) is 16.3. The summed E-state index contributed by atoms with van der Waals surface area (Å²) in [6, 6.07) is 21.8. The van der Waals surface area contributed by atoms with E-state index in [0.717, 1.165) is 15.6 Å². The first kappa shape index (κ1) is 20.1. The number of anilines is 2. The Labute approximate surface area is 193 Å². The van der Waals surface area contributed by atoms with E-state index in [-0.39, 0.29) is 11.7 Å². The molecule has 2 aliphatic heterocycles. The number of hydrogen-bond acceptors (Lipinski definition) is 6. The van der Waals surface area contributed by atoms with Gasteiger partial charge >= 0.3 is 0 Å². The van der Waals surface area contributed by atoms with Crippen LogP contribution in [-0.2, 0) is 4.79 Å². The lowest BCUT2D eigenvalue weighted by atomic mass is 10.2. The SMILES string of the molecule is CN1/C(=C2/SC(=Nc3cccc(Cl)c3)N(c3ccc(O)cc3)C2=O)Sc2ccccc21. The van der Waals surface area contributed by atoms with Gasteiger partial charge in [-0.05, 0) is 66.4 Å². The van der Waals surface area contributed by atoms with Crippen LogP contribution < -0.4 is 9.80 Å². The smallest absolute Gasteiger partial charge is 0.274 e. The minimum atomic E-state index is -0.154. The van der Waals surface area contributed by atoms with Crippen molar-refractivity contribution in [3.8, 4) is 5.75 Å². The van der Waals surface area contributed by atoms with Gasteiger partial charge in [-0.1, -0.05) is 41.6 Å². The molecule has 31 heavy (non-hydrogen) atoms. The maximum Gasteiger partial charge on any atom is 0.274 e. The van der Waals surface area contributed by atoms with E-state index >= 15 is 0 Å². The third kappa shape index (κ3) is 3.69. The van der Waals surface area contributed by atoms with Gasteiger partial charge in [0.15, 0.2) is 5.17 Å². The van der Waals surface area contributed by atoms with E-state index in [1.54, 1.807) is 53.1 Å². The lowest BCUT2D eigenvalue weighted by molar-refractivity contribution is -0.113. The van der Waals surface area contributed by atoms with Crippen LogP contribution in [-0.4, -0.2) is 23.2 Å². The zero-order valence-corrected chi connectivity index (χ0v) is 18.7. The molecule has 0 saturated carbocycles. The first-order chi connectivity index (χ1) is 15.0. The summed E-state index contributed by atoms with van der Waals surface area (Å²) >= 11 is 9.04. The summed E-state index contributed by atoms with van der Waals surface area (Å²) in [5.74, 6) is -0.0184. The molecule has 1 saturated heterocycles. The molecule has 0 unspecified atom stereocenters. The van der Waals surface area contributed by atoms with Crippen LogP contribution in [0.25, 0.3) is 0 Å². The summed E-state index contributed by atoms with van der Waals surface area (Å²) in [5.41, 5.74) is 2.36. The Morgan fingerprint density at radius 2 is 1.74 bits per heavy atom. The van der Waals surface area contributed by atoms with E-state index in [2.05, 4.69) is 0 Å². The topological polar surface area (TPSA) is 56.1 Å². The number of hydrogen-bond donors (Lipinski definition) is 1. The molecular formula is C23H16ClN3O2S2. The van der Waals surface area contributed by atoms with Crippen LogP contribution in [0.4, 0.5) is 17.1 Å². The van der Waals surface area contributed by atoms with Gasteiger partial charge in [0.1, 0.15) is 10.7 Å². The molecule has 0 spiro atoms. The van der Waals surface area contributed by atoms with Gasteiger partial charge in [-0.25, -0.2) is 4.99 Å². The van der Waals surface area contributed by atoms with Crippen molar-refractivity contribution in [2.45, 2.75) is 4.90 Å². The molecule has 0 atom stereocenters. The number of thioether (sulfide) groups is 2. The van der Waals surface area contributed by atoms with Crippen molar-refractivity contribution in [1.82, 2.24) is 0 Å². The Bertz CT molecular complexity index is 1260. The second kappa shape index (κ2) is 8.00.